The molecule has 0 N–H and O–H groups in total. The van der Waals surface area contributed by atoms with Crippen molar-refractivity contribution in [2.75, 3.05) is 19.8 Å². The molecule has 181 valence electrons. The first-order chi connectivity index (χ1) is 14.3. The summed E-state index contributed by atoms with van der Waals surface area (Å²) >= 11 is 0. The molecule has 13 heteroatoms. The van der Waals surface area contributed by atoms with Crippen LogP contribution in [0.4, 0.5) is 0 Å². The van der Waals surface area contributed by atoms with Gasteiger partial charge in [-0.05, 0) is 33.0 Å². The number of rotatable bonds is 18. The van der Waals surface area contributed by atoms with Crippen LogP contribution in [0.3, 0.4) is 0 Å². The van der Waals surface area contributed by atoms with Gasteiger partial charge in [0.15, 0.2) is 0 Å². The molecule has 0 aliphatic rings. The minimum Gasteiger partial charge on any atom is -0.566 e. The van der Waals surface area contributed by atoms with E-state index in [0.717, 1.165) is 77.0 Å². The van der Waals surface area contributed by atoms with E-state index in [1.165, 1.54) is 0 Å². The topological polar surface area (TPSA) is 148 Å². The molecule has 3 atom stereocenters. The molecule has 0 saturated carbocycles. The first-order valence-electron chi connectivity index (χ1n) is 10.6. The smallest absolute Gasteiger partial charge is 0.566 e. The average molecular weight is 637 g/mol. The zero-order chi connectivity index (χ0) is 23.5. The van der Waals surface area contributed by atoms with Crippen LogP contribution in [0, 0.1) is 40.8 Å². The Balaban J connectivity index is -0.000000174. The molecule has 0 aromatic heterocycles. The number of hydrogen-bond acceptors (Lipinski definition) is 9. The Morgan fingerprint density at radius 1 is 0.484 bits per heavy atom. The molecule has 0 aliphatic heterocycles. The summed E-state index contributed by atoms with van der Waals surface area (Å²) in [6.45, 7) is 7.36. The Morgan fingerprint density at radius 3 is 0.871 bits per heavy atom. The van der Waals surface area contributed by atoms with E-state index in [1.54, 1.807) is 0 Å². The Bertz CT molecular complexity index is 348. The van der Waals surface area contributed by atoms with Crippen molar-refractivity contribution in [1.82, 2.24) is 0 Å². The Labute approximate surface area is 223 Å². The fraction of sp³-hybridized carbons (Fsp3) is 1.00. The molecule has 31 heavy (non-hydrogen) atoms. The van der Waals surface area contributed by atoms with Gasteiger partial charge in [-0.3, -0.25) is 0 Å². The fourth-order valence-corrected chi connectivity index (χ4v) is 2.84. The summed E-state index contributed by atoms with van der Waals surface area (Å²) in [4.78, 5) is 29.5. The van der Waals surface area contributed by atoms with Crippen LogP contribution in [-0.4, -0.2) is 19.8 Å². The molecule has 0 spiro atoms. The molecule has 0 aromatic carbocycles. The third-order valence-corrected chi connectivity index (χ3v) is 4.76. The molecule has 3 unspecified atom stereocenters. The maximum absolute atomic E-state index is 9.85. The summed E-state index contributed by atoms with van der Waals surface area (Å²) in [5.74, 6) is 0. The van der Waals surface area contributed by atoms with Gasteiger partial charge in [-0.15, -0.1) is 13.6 Å². The second-order valence-electron chi connectivity index (χ2n) is 6.35. The molecule has 0 fully saturated rings. The van der Waals surface area contributed by atoms with Gasteiger partial charge in [0.2, 0.25) is 0 Å². The van der Waals surface area contributed by atoms with Crippen molar-refractivity contribution in [3.05, 3.63) is 0 Å². The standard InChI is InChI=1S/3C6H13O3P.Nd/c3*1-2-3-4-5-6-9-10(7)8;/h3*2-6H2,1H3;/q;;;+3. The van der Waals surface area contributed by atoms with Crippen LogP contribution in [0.25, 0.3) is 0 Å². The van der Waals surface area contributed by atoms with Crippen molar-refractivity contribution in [2.24, 2.45) is 0 Å². The van der Waals surface area contributed by atoms with Gasteiger partial charge in [0.1, 0.15) is 19.8 Å². The van der Waals surface area contributed by atoms with Crippen molar-refractivity contribution in [1.29, 1.82) is 0 Å². The van der Waals surface area contributed by atoms with E-state index in [4.69, 9.17) is 0 Å². The number of hydrogen-bond donors (Lipinski definition) is 0. The van der Waals surface area contributed by atoms with Crippen LogP contribution >= 0.6 is 24.8 Å². The molecule has 0 bridgehead atoms. The van der Waals surface area contributed by atoms with Crippen LogP contribution in [0.5, 0.6) is 0 Å². The van der Waals surface area contributed by atoms with E-state index in [-0.39, 0.29) is 40.8 Å². The van der Waals surface area contributed by atoms with Gasteiger partial charge >= 0.3 is 65.6 Å². The minimum absolute atomic E-state index is 0. The molecule has 0 saturated heterocycles. The van der Waals surface area contributed by atoms with E-state index < -0.39 is 24.8 Å². The number of unbranched alkanes of at least 4 members (excludes halogenated alkanes) is 9. The zero-order valence-electron chi connectivity index (χ0n) is 19.1. The van der Waals surface area contributed by atoms with E-state index in [1.807, 2.05) is 0 Å². The third-order valence-electron chi connectivity index (χ3n) is 3.58. The summed E-state index contributed by atoms with van der Waals surface area (Å²) in [6.07, 6.45) is 12.6. The van der Waals surface area contributed by atoms with Gasteiger partial charge in [-0.2, -0.15) is 0 Å². The van der Waals surface area contributed by atoms with Gasteiger partial charge in [-0.25, -0.2) is 0 Å². The molecule has 0 amide bonds. The molecule has 9 nitrogen and oxygen atoms in total. The van der Waals surface area contributed by atoms with Gasteiger partial charge in [0, 0.05) is 0 Å². The summed E-state index contributed by atoms with van der Waals surface area (Å²) in [5.41, 5.74) is 0. The van der Waals surface area contributed by atoms with Gasteiger partial charge in [-0.1, -0.05) is 78.6 Å². The van der Waals surface area contributed by atoms with Crippen molar-refractivity contribution in [3.63, 3.8) is 0 Å². The summed E-state index contributed by atoms with van der Waals surface area (Å²) in [6, 6.07) is 0. The molecular weight excluding hydrogens is 597 g/mol. The normalized spacial score (nSPS) is 11.2. The Kier molecular flexibility index (Phi) is 46.0. The SMILES string of the molecule is CCCCCCO[P+](=O)[O-].CCCCCCO[P+](=O)[O-].CCCCCCO[P+](=O)[O-].[Nd+3]. The van der Waals surface area contributed by atoms with E-state index in [2.05, 4.69) is 34.3 Å². The first-order valence-corrected chi connectivity index (χ1v) is 13.9. The Hall–Kier alpha value is 1.41. The Morgan fingerprint density at radius 2 is 0.710 bits per heavy atom. The minimum atomic E-state index is -2.62. The summed E-state index contributed by atoms with van der Waals surface area (Å²) in [5, 5.41) is 0. The summed E-state index contributed by atoms with van der Waals surface area (Å²) in [7, 11) is -7.86. The van der Waals surface area contributed by atoms with E-state index in [0.29, 0.717) is 19.8 Å². The average Bonchev–Trinajstić information content (AvgIpc) is 2.68. The zero-order valence-corrected chi connectivity index (χ0v) is 25.0. The predicted octanol–water partition coefficient (Wildman–Crippen LogP) is 4.80. The molecule has 1 radical (unpaired) electrons. The van der Waals surface area contributed by atoms with Crippen LogP contribution in [0.15, 0.2) is 0 Å². The molecule has 0 aromatic rings. The summed E-state index contributed by atoms with van der Waals surface area (Å²) < 4.78 is 42.6. The second-order valence-corrected chi connectivity index (χ2v) is 8.47. The first kappa shape index (κ1) is 39.6. The van der Waals surface area contributed by atoms with Crippen LogP contribution in [-0.2, 0) is 27.3 Å². The van der Waals surface area contributed by atoms with Gasteiger partial charge in [0.05, 0.1) is 0 Å². The van der Waals surface area contributed by atoms with E-state index >= 15 is 0 Å². The fourth-order valence-electron chi connectivity index (χ4n) is 2.00. The maximum atomic E-state index is 9.85. The third kappa shape index (κ3) is 54.1. The van der Waals surface area contributed by atoms with Crippen molar-refractivity contribution in [3.8, 4) is 0 Å². The van der Waals surface area contributed by atoms with Gasteiger partial charge < -0.3 is 14.7 Å². The van der Waals surface area contributed by atoms with Crippen molar-refractivity contribution in [2.45, 2.75) is 97.8 Å². The molecule has 0 aliphatic carbocycles. The van der Waals surface area contributed by atoms with Crippen LogP contribution in [0.1, 0.15) is 97.8 Å². The van der Waals surface area contributed by atoms with Crippen LogP contribution < -0.4 is 14.7 Å². The van der Waals surface area contributed by atoms with Crippen molar-refractivity contribution >= 4 is 24.8 Å². The maximum Gasteiger partial charge on any atom is 3.00 e. The van der Waals surface area contributed by atoms with E-state index in [9.17, 15) is 28.4 Å². The monoisotopic (exact) mass is 634 g/mol. The van der Waals surface area contributed by atoms with Crippen molar-refractivity contribution < 1.29 is 82.8 Å². The molecule has 0 rings (SSSR count). The molecular formula is C18H39NdO9P3+3. The predicted molar refractivity (Wildman–Crippen MR) is 113 cm³/mol. The quantitative estimate of drug-likeness (QED) is 0.153. The largest absolute Gasteiger partial charge is 3.00 e. The molecule has 0 heterocycles. The van der Waals surface area contributed by atoms with Gasteiger partial charge in [0.25, 0.3) is 0 Å². The second kappa shape index (κ2) is 36.0. The van der Waals surface area contributed by atoms with Crippen LogP contribution in [0.2, 0.25) is 0 Å².